The van der Waals surface area contributed by atoms with Crippen LogP contribution >= 0.6 is 0 Å². The highest BCUT2D eigenvalue weighted by Crippen LogP contribution is 2.28. The van der Waals surface area contributed by atoms with Crippen LogP contribution in [0.2, 0.25) is 0 Å². The third kappa shape index (κ3) is 3.22. The van der Waals surface area contributed by atoms with Crippen LogP contribution in [0.15, 0.2) is 23.1 Å². The molecule has 1 aromatic rings. The Balaban J connectivity index is 2.22. The molecule has 2 rings (SSSR count). The standard InChI is InChI=1S/C14H19FN2O4S/c1-3-14(18)16-6-8-17(9-7-16)22(19,20)13-10-11(15)4-5-12(13)21-2/h4-5,10H,3,6-9H2,1-2H3. The van der Waals surface area contributed by atoms with Crippen molar-refractivity contribution in [1.82, 2.24) is 9.21 Å². The minimum atomic E-state index is -3.85. The first-order valence-electron chi connectivity index (χ1n) is 7.01. The molecule has 0 N–H and O–H groups in total. The van der Waals surface area contributed by atoms with Crippen molar-refractivity contribution in [2.24, 2.45) is 0 Å². The first-order chi connectivity index (χ1) is 10.4. The van der Waals surface area contributed by atoms with Crippen LogP contribution in [0.4, 0.5) is 4.39 Å². The Morgan fingerprint density at radius 2 is 1.91 bits per heavy atom. The first-order valence-corrected chi connectivity index (χ1v) is 8.45. The van der Waals surface area contributed by atoms with E-state index in [0.29, 0.717) is 19.5 Å². The summed E-state index contributed by atoms with van der Waals surface area (Å²) in [6.45, 7) is 2.82. The van der Waals surface area contributed by atoms with Gasteiger partial charge in [0, 0.05) is 32.6 Å². The summed E-state index contributed by atoms with van der Waals surface area (Å²) in [6, 6.07) is 3.40. The summed E-state index contributed by atoms with van der Waals surface area (Å²) in [7, 11) is -2.52. The molecular weight excluding hydrogens is 311 g/mol. The highest BCUT2D eigenvalue weighted by atomic mass is 32.2. The number of benzene rings is 1. The van der Waals surface area contributed by atoms with Crippen LogP contribution in [0, 0.1) is 5.82 Å². The van der Waals surface area contributed by atoms with Gasteiger partial charge in [-0.05, 0) is 18.2 Å². The van der Waals surface area contributed by atoms with Crippen LogP contribution < -0.4 is 4.74 Å². The lowest BCUT2D eigenvalue weighted by molar-refractivity contribution is -0.132. The smallest absolute Gasteiger partial charge is 0.246 e. The summed E-state index contributed by atoms with van der Waals surface area (Å²) in [5.41, 5.74) is 0. The molecule has 1 aromatic carbocycles. The minimum absolute atomic E-state index is 0.000356. The van der Waals surface area contributed by atoms with Crippen molar-refractivity contribution >= 4 is 15.9 Å². The third-order valence-corrected chi connectivity index (χ3v) is 5.56. The highest BCUT2D eigenvalue weighted by Gasteiger charge is 2.32. The lowest BCUT2D eigenvalue weighted by Gasteiger charge is -2.34. The molecule has 0 unspecified atom stereocenters. The Bertz CT molecular complexity index is 655. The fraction of sp³-hybridized carbons (Fsp3) is 0.500. The van der Waals surface area contributed by atoms with Crippen molar-refractivity contribution < 1.29 is 22.3 Å². The Labute approximate surface area is 129 Å². The maximum absolute atomic E-state index is 13.4. The largest absolute Gasteiger partial charge is 0.495 e. The molecule has 1 saturated heterocycles. The molecule has 0 atom stereocenters. The third-order valence-electron chi connectivity index (χ3n) is 3.64. The molecule has 6 nitrogen and oxygen atoms in total. The van der Waals surface area contributed by atoms with Crippen molar-refractivity contribution in [3.63, 3.8) is 0 Å². The van der Waals surface area contributed by atoms with E-state index < -0.39 is 15.8 Å². The van der Waals surface area contributed by atoms with E-state index in [2.05, 4.69) is 0 Å². The van der Waals surface area contributed by atoms with Gasteiger partial charge >= 0.3 is 0 Å². The van der Waals surface area contributed by atoms with E-state index in [1.165, 1.54) is 17.5 Å². The molecule has 0 radical (unpaired) electrons. The van der Waals surface area contributed by atoms with E-state index in [1.54, 1.807) is 11.8 Å². The molecule has 0 bridgehead atoms. The lowest BCUT2D eigenvalue weighted by Crippen LogP contribution is -2.50. The molecule has 0 spiro atoms. The summed E-state index contributed by atoms with van der Waals surface area (Å²) < 4.78 is 45.0. The molecule has 22 heavy (non-hydrogen) atoms. The molecular formula is C14H19FN2O4S. The zero-order chi connectivity index (χ0) is 16.3. The number of amides is 1. The van der Waals surface area contributed by atoms with Crippen LogP contribution in [0.5, 0.6) is 5.75 Å². The molecule has 0 aliphatic carbocycles. The predicted octanol–water partition coefficient (Wildman–Crippen LogP) is 1.08. The van der Waals surface area contributed by atoms with E-state index in [1.807, 2.05) is 0 Å². The Kier molecular flexibility index (Phi) is 5.02. The van der Waals surface area contributed by atoms with Gasteiger partial charge in [0.05, 0.1) is 7.11 Å². The second-order valence-electron chi connectivity index (χ2n) is 4.93. The number of carbonyl (C=O) groups excluding carboxylic acids is 1. The Morgan fingerprint density at radius 3 is 2.45 bits per heavy atom. The van der Waals surface area contributed by atoms with E-state index in [-0.39, 0.29) is 29.6 Å². The van der Waals surface area contributed by atoms with Gasteiger partial charge in [-0.1, -0.05) is 6.92 Å². The number of ether oxygens (including phenoxy) is 1. The molecule has 8 heteroatoms. The van der Waals surface area contributed by atoms with Crippen molar-refractivity contribution in [2.45, 2.75) is 18.2 Å². The normalized spacial score (nSPS) is 16.6. The zero-order valence-corrected chi connectivity index (χ0v) is 13.4. The zero-order valence-electron chi connectivity index (χ0n) is 12.6. The van der Waals surface area contributed by atoms with E-state index in [4.69, 9.17) is 4.74 Å². The molecule has 1 heterocycles. The van der Waals surface area contributed by atoms with Gasteiger partial charge in [0.25, 0.3) is 0 Å². The number of hydrogen-bond donors (Lipinski definition) is 0. The number of hydrogen-bond acceptors (Lipinski definition) is 4. The number of piperazine rings is 1. The van der Waals surface area contributed by atoms with Gasteiger partial charge in [0.2, 0.25) is 15.9 Å². The maximum atomic E-state index is 13.4. The summed E-state index contributed by atoms with van der Waals surface area (Å²) in [6.07, 6.45) is 0.393. The molecule has 1 amide bonds. The monoisotopic (exact) mass is 330 g/mol. The van der Waals surface area contributed by atoms with Crippen LogP contribution in [0.1, 0.15) is 13.3 Å². The summed E-state index contributed by atoms with van der Waals surface area (Å²) in [4.78, 5) is 13.1. The van der Waals surface area contributed by atoms with Gasteiger partial charge in [0.1, 0.15) is 16.5 Å². The quantitative estimate of drug-likeness (QED) is 0.828. The minimum Gasteiger partial charge on any atom is -0.495 e. The fourth-order valence-corrected chi connectivity index (χ4v) is 3.98. The van der Waals surface area contributed by atoms with Gasteiger partial charge < -0.3 is 9.64 Å². The second-order valence-corrected chi connectivity index (χ2v) is 6.84. The second kappa shape index (κ2) is 6.62. The summed E-state index contributed by atoms with van der Waals surface area (Å²) >= 11 is 0. The Hall–Kier alpha value is -1.67. The number of halogens is 1. The summed E-state index contributed by atoms with van der Waals surface area (Å²) in [5.74, 6) is -0.534. The van der Waals surface area contributed by atoms with E-state index in [0.717, 1.165) is 12.1 Å². The maximum Gasteiger partial charge on any atom is 0.246 e. The molecule has 0 saturated carbocycles. The Morgan fingerprint density at radius 1 is 1.27 bits per heavy atom. The van der Waals surface area contributed by atoms with Crippen molar-refractivity contribution in [1.29, 1.82) is 0 Å². The van der Waals surface area contributed by atoms with Crippen molar-refractivity contribution in [2.75, 3.05) is 33.3 Å². The molecule has 1 aliphatic rings. The highest BCUT2D eigenvalue weighted by molar-refractivity contribution is 7.89. The average Bonchev–Trinajstić information content (AvgIpc) is 2.54. The van der Waals surface area contributed by atoms with Gasteiger partial charge in [-0.2, -0.15) is 4.31 Å². The number of carbonyl (C=O) groups is 1. The van der Waals surface area contributed by atoms with Gasteiger partial charge in [-0.3, -0.25) is 4.79 Å². The predicted molar refractivity (Wildman–Crippen MR) is 78.6 cm³/mol. The van der Waals surface area contributed by atoms with Gasteiger partial charge in [-0.25, -0.2) is 12.8 Å². The fourth-order valence-electron chi connectivity index (χ4n) is 2.39. The molecule has 0 aromatic heterocycles. The topological polar surface area (TPSA) is 66.9 Å². The van der Waals surface area contributed by atoms with E-state index in [9.17, 15) is 17.6 Å². The SMILES string of the molecule is CCC(=O)N1CCN(S(=O)(=O)c2cc(F)ccc2OC)CC1. The molecule has 1 fully saturated rings. The number of methoxy groups -OCH3 is 1. The van der Waals surface area contributed by atoms with Crippen molar-refractivity contribution in [3.8, 4) is 5.75 Å². The van der Waals surface area contributed by atoms with Crippen LogP contribution in [0.25, 0.3) is 0 Å². The van der Waals surface area contributed by atoms with Crippen LogP contribution in [-0.2, 0) is 14.8 Å². The van der Waals surface area contributed by atoms with Crippen molar-refractivity contribution in [3.05, 3.63) is 24.0 Å². The first kappa shape index (κ1) is 16.7. The lowest BCUT2D eigenvalue weighted by atomic mass is 10.3. The number of rotatable bonds is 4. The van der Waals surface area contributed by atoms with Gasteiger partial charge in [0.15, 0.2) is 0 Å². The van der Waals surface area contributed by atoms with E-state index >= 15 is 0 Å². The van der Waals surface area contributed by atoms with Gasteiger partial charge in [-0.15, -0.1) is 0 Å². The number of nitrogens with zero attached hydrogens (tertiary/aromatic N) is 2. The van der Waals surface area contributed by atoms with Crippen LogP contribution in [-0.4, -0.2) is 56.8 Å². The summed E-state index contributed by atoms with van der Waals surface area (Å²) in [5, 5.41) is 0. The molecule has 122 valence electrons. The number of sulfonamides is 1. The average molecular weight is 330 g/mol. The molecule has 1 aliphatic heterocycles. The van der Waals surface area contributed by atoms with Crippen LogP contribution in [0.3, 0.4) is 0 Å².